The molecule has 3 N–H and O–H groups in total. The van der Waals surface area contributed by atoms with Crippen LogP contribution in [0, 0.1) is 15.9 Å². The number of hydrogen-bond donors (Lipinski definition) is 3. The molecule has 128 valence electrons. The quantitative estimate of drug-likeness (QED) is 0.334. The van der Waals surface area contributed by atoms with Gasteiger partial charge in [-0.05, 0) is 36.4 Å². The zero-order valence-electron chi connectivity index (χ0n) is 12.5. The van der Waals surface area contributed by atoms with Crippen LogP contribution in [-0.2, 0) is 9.59 Å². The Labute approximate surface area is 139 Å². The first-order valence-electron chi connectivity index (χ1n) is 6.74. The van der Waals surface area contributed by atoms with Crippen molar-refractivity contribution in [1.82, 2.24) is 5.43 Å². The molecule has 10 heteroatoms. The van der Waals surface area contributed by atoms with E-state index in [0.717, 1.165) is 30.5 Å². The van der Waals surface area contributed by atoms with E-state index in [1.54, 1.807) is 0 Å². The van der Waals surface area contributed by atoms with Crippen molar-refractivity contribution in [3.63, 3.8) is 0 Å². The Balaban J connectivity index is 1.95. The lowest BCUT2D eigenvalue weighted by atomic mass is 10.2. The second-order valence-electron chi connectivity index (χ2n) is 4.67. The lowest BCUT2D eigenvalue weighted by molar-refractivity contribution is -0.385. The van der Waals surface area contributed by atoms with Crippen LogP contribution in [-0.4, -0.2) is 28.1 Å². The number of nitro benzene ring substituents is 1. The minimum absolute atomic E-state index is 0.222. The molecule has 0 aliphatic rings. The molecule has 0 unspecified atom stereocenters. The molecule has 0 bridgehead atoms. The standard InChI is InChI=1S/C15H11FN4O5/c16-10-2-4-11(5-3-10)18-14(22)15(23)19-17-8-9-1-6-13(21)12(7-9)20(24)25/h1-8,21H,(H,18,22)(H,19,23)/b17-8-. The van der Waals surface area contributed by atoms with Crippen molar-refractivity contribution in [2.45, 2.75) is 0 Å². The van der Waals surface area contributed by atoms with E-state index in [2.05, 4.69) is 10.4 Å². The number of amides is 2. The van der Waals surface area contributed by atoms with Crippen LogP contribution in [0.4, 0.5) is 15.8 Å². The molecule has 0 spiro atoms. The smallest absolute Gasteiger partial charge is 0.329 e. The maximum Gasteiger partial charge on any atom is 0.329 e. The Morgan fingerprint density at radius 1 is 1.16 bits per heavy atom. The predicted molar refractivity (Wildman–Crippen MR) is 85.5 cm³/mol. The van der Waals surface area contributed by atoms with Gasteiger partial charge in [-0.25, -0.2) is 9.82 Å². The van der Waals surface area contributed by atoms with E-state index in [9.17, 15) is 29.2 Å². The van der Waals surface area contributed by atoms with Crippen LogP contribution in [0.2, 0.25) is 0 Å². The number of carbonyl (C=O) groups excluding carboxylic acids is 2. The van der Waals surface area contributed by atoms with E-state index in [1.807, 2.05) is 5.43 Å². The highest BCUT2D eigenvalue weighted by Gasteiger charge is 2.14. The van der Waals surface area contributed by atoms with E-state index in [4.69, 9.17) is 0 Å². The van der Waals surface area contributed by atoms with Crippen molar-refractivity contribution in [2.24, 2.45) is 5.10 Å². The fourth-order valence-electron chi connectivity index (χ4n) is 1.70. The zero-order chi connectivity index (χ0) is 18.4. The molecule has 0 aliphatic carbocycles. The number of rotatable bonds is 4. The number of hydrazone groups is 1. The molecular weight excluding hydrogens is 335 g/mol. The second kappa shape index (κ2) is 7.64. The van der Waals surface area contributed by atoms with Gasteiger partial charge >= 0.3 is 17.5 Å². The van der Waals surface area contributed by atoms with Gasteiger partial charge in [0.25, 0.3) is 0 Å². The van der Waals surface area contributed by atoms with Gasteiger partial charge in [-0.15, -0.1) is 0 Å². The summed E-state index contributed by atoms with van der Waals surface area (Å²) >= 11 is 0. The Morgan fingerprint density at radius 3 is 2.48 bits per heavy atom. The Kier molecular flexibility index (Phi) is 5.36. The third kappa shape index (κ3) is 4.82. The molecule has 2 aromatic carbocycles. The van der Waals surface area contributed by atoms with Crippen molar-refractivity contribution in [2.75, 3.05) is 5.32 Å². The Bertz CT molecular complexity index is 852. The molecular formula is C15H11FN4O5. The SMILES string of the molecule is O=C(N/N=C\c1ccc(O)c([N+](=O)[O-])c1)C(=O)Nc1ccc(F)cc1. The van der Waals surface area contributed by atoms with E-state index < -0.39 is 34.0 Å². The predicted octanol–water partition coefficient (Wildman–Crippen LogP) is 1.53. The van der Waals surface area contributed by atoms with Gasteiger partial charge in [0, 0.05) is 17.3 Å². The van der Waals surface area contributed by atoms with Gasteiger partial charge in [-0.3, -0.25) is 19.7 Å². The minimum atomic E-state index is -1.09. The van der Waals surface area contributed by atoms with Crippen LogP contribution >= 0.6 is 0 Å². The van der Waals surface area contributed by atoms with Crippen LogP contribution in [0.15, 0.2) is 47.6 Å². The molecule has 25 heavy (non-hydrogen) atoms. The summed E-state index contributed by atoms with van der Waals surface area (Å²) in [6.07, 6.45) is 1.06. The number of nitrogens with zero attached hydrogens (tertiary/aromatic N) is 2. The molecule has 0 aromatic heterocycles. The number of phenolic OH excluding ortho intramolecular Hbond substituents is 1. The van der Waals surface area contributed by atoms with Crippen molar-refractivity contribution < 1.29 is 24.0 Å². The first-order valence-corrected chi connectivity index (χ1v) is 6.74. The number of nitrogens with one attached hydrogen (secondary N) is 2. The average Bonchev–Trinajstić information content (AvgIpc) is 2.58. The zero-order valence-corrected chi connectivity index (χ0v) is 12.5. The highest BCUT2D eigenvalue weighted by Crippen LogP contribution is 2.25. The summed E-state index contributed by atoms with van der Waals surface area (Å²) in [6, 6.07) is 8.26. The first kappa shape index (κ1) is 17.5. The van der Waals surface area contributed by atoms with E-state index in [1.165, 1.54) is 18.2 Å². The first-order chi connectivity index (χ1) is 11.9. The van der Waals surface area contributed by atoms with E-state index in [0.29, 0.717) is 0 Å². The molecule has 0 saturated carbocycles. The number of anilines is 1. The summed E-state index contributed by atoms with van der Waals surface area (Å²) in [7, 11) is 0. The summed E-state index contributed by atoms with van der Waals surface area (Å²) in [5.41, 5.74) is 1.86. The maximum absolute atomic E-state index is 12.7. The fraction of sp³-hybridized carbons (Fsp3) is 0. The summed E-state index contributed by atoms with van der Waals surface area (Å²) < 4.78 is 12.7. The maximum atomic E-state index is 12.7. The van der Waals surface area contributed by atoms with Gasteiger partial charge in [-0.1, -0.05) is 0 Å². The number of carbonyl (C=O) groups is 2. The van der Waals surface area contributed by atoms with Crippen molar-refractivity contribution in [3.05, 3.63) is 64.0 Å². The second-order valence-corrected chi connectivity index (χ2v) is 4.67. The monoisotopic (exact) mass is 346 g/mol. The topological polar surface area (TPSA) is 134 Å². The van der Waals surface area contributed by atoms with Crippen molar-refractivity contribution in [3.8, 4) is 5.75 Å². The number of phenols is 1. The van der Waals surface area contributed by atoms with Gasteiger partial charge < -0.3 is 10.4 Å². The molecule has 2 amide bonds. The van der Waals surface area contributed by atoms with Crippen LogP contribution in [0.3, 0.4) is 0 Å². The van der Waals surface area contributed by atoms with Crippen molar-refractivity contribution in [1.29, 1.82) is 0 Å². The Morgan fingerprint density at radius 2 is 1.84 bits per heavy atom. The van der Waals surface area contributed by atoms with Gasteiger partial charge in [0.2, 0.25) is 0 Å². The molecule has 0 fully saturated rings. The molecule has 2 aromatic rings. The van der Waals surface area contributed by atoms with Crippen molar-refractivity contribution >= 4 is 29.4 Å². The normalized spacial score (nSPS) is 10.4. The van der Waals surface area contributed by atoms with Crippen LogP contribution in [0.1, 0.15) is 5.56 Å². The average molecular weight is 346 g/mol. The fourth-order valence-corrected chi connectivity index (χ4v) is 1.70. The van der Waals surface area contributed by atoms with E-state index in [-0.39, 0.29) is 11.3 Å². The highest BCUT2D eigenvalue weighted by molar-refractivity contribution is 6.39. The summed E-state index contributed by atoms with van der Waals surface area (Å²) in [5.74, 6) is -3.12. The number of hydrogen-bond acceptors (Lipinski definition) is 6. The van der Waals surface area contributed by atoms with Crippen LogP contribution < -0.4 is 10.7 Å². The number of halogens is 1. The molecule has 0 heterocycles. The van der Waals surface area contributed by atoms with Crippen LogP contribution in [0.25, 0.3) is 0 Å². The summed E-state index contributed by atoms with van der Waals surface area (Å²) in [5, 5.41) is 25.7. The summed E-state index contributed by atoms with van der Waals surface area (Å²) in [4.78, 5) is 33.1. The molecule has 2 rings (SSSR count). The van der Waals surface area contributed by atoms with Gasteiger partial charge in [0.1, 0.15) is 5.82 Å². The van der Waals surface area contributed by atoms with Gasteiger partial charge in [0.15, 0.2) is 5.75 Å². The van der Waals surface area contributed by atoms with E-state index >= 15 is 0 Å². The molecule has 0 saturated heterocycles. The molecule has 9 nitrogen and oxygen atoms in total. The lowest BCUT2D eigenvalue weighted by Gasteiger charge is -2.03. The highest BCUT2D eigenvalue weighted by atomic mass is 19.1. The molecule has 0 atom stereocenters. The van der Waals surface area contributed by atoms with Gasteiger partial charge in [0.05, 0.1) is 11.1 Å². The summed E-state index contributed by atoms with van der Waals surface area (Å²) in [6.45, 7) is 0. The largest absolute Gasteiger partial charge is 0.502 e. The number of nitro groups is 1. The van der Waals surface area contributed by atoms with Crippen LogP contribution in [0.5, 0.6) is 5.75 Å². The molecule has 0 radical (unpaired) electrons. The Hall–Kier alpha value is -3.82. The molecule has 0 aliphatic heterocycles. The number of aromatic hydroxyl groups is 1. The number of benzene rings is 2. The third-order valence-corrected chi connectivity index (χ3v) is 2.88. The van der Waals surface area contributed by atoms with Gasteiger partial charge in [-0.2, -0.15) is 5.10 Å². The minimum Gasteiger partial charge on any atom is -0.502 e. The lowest BCUT2D eigenvalue weighted by Crippen LogP contribution is -2.32. The third-order valence-electron chi connectivity index (χ3n) is 2.88.